The maximum absolute atomic E-state index is 4.47. The Bertz CT molecular complexity index is 516. The molecule has 0 saturated heterocycles. The first kappa shape index (κ1) is 11.0. The number of benzene rings is 3. The summed E-state index contributed by atoms with van der Waals surface area (Å²) in [7, 11) is 0. The molecule has 0 atom stereocenters. The molecule has 0 aliphatic carbocycles. The van der Waals surface area contributed by atoms with E-state index in [0.29, 0.717) is 5.89 Å². The first-order valence-electron chi connectivity index (χ1n) is 4.89. The summed E-state index contributed by atoms with van der Waals surface area (Å²) in [5.74, 6) is 0.606. The Morgan fingerprint density at radius 2 is 1.94 bits per heavy atom. The van der Waals surface area contributed by atoms with E-state index >= 15 is 0 Å². The molecule has 3 aromatic carbocycles. The van der Waals surface area contributed by atoms with Crippen LogP contribution in [0.15, 0.2) is 46.1 Å². The van der Waals surface area contributed by atoms with Crippen LogP contribution in [0.2, 0.25) is 0 Å². The van der Waals surface area contributed by atoms with Crippen molar-refractivity contribution in [2.45, 2.75) is 11.8 Å². The highest BCUT2D eigenvalue weighted by Crippen LogP contribution is 2.25. The fraction of sp³-hybridized carbons (Fsp3) is 0.167. The van der Waals surface area contributed by atoms with E-state index in [9.17, 15) is 0 Å². The second-order valence-electron chi connectivity index (χ2n) is 3.30. The van der Waals surface area contributed by atoms with Crippen molar-refractivity contribution in [1.82, 2.24) is 10.1 Å². The molecule has 0 radical (unpaired) electrons. The summed E-state index contributed by atoms with van der Waals surface area (Å²) in [5, 5.41) is 6.00. The van der Waals surface area contributed by atoms with Crippen LogP contribution < -0.4 is 0 Å². The Kier molecular flexibility index (Phi) is 3.41. The molecule has 4 rings (SSSR count). The summed E-state index contributed by atoms with van der Waals surface area (Å²) >= 11 is 1.81. The van der Waals surface area contributed by atoms with Crippen molar-refractivity contribution < 1.29 is 4.52 Å². The smallest absolute Gasteiger partial charge is 0.223 e. The largest absolute Gasteiger partial charge is 0.340 e. The first-order chi connectivity index (χ1) is 7.79. The lowest BCUT2D eigenvalue weighted by atomic mass is 10.1. The third-order valence-electron chi connectivity index (χ3n) is 2.18. The number of fused-ring (bicyclic) bond motifs is 3. The van der Waals surface area contributed by atoms with Crippen LogP contribution in [0, 0.1) is 6.92 Å². The van der Waals surface area contributed by atoms with Crippen LogP contribution in [0.4, 0.5) is 0 Å². The molecule has 82 valence electrons. The lowest BCUT2D eigenvalue weighted by molar-refractivity contribution is 0.392. The molecule has 0 amide bonds. The van der Waals surface area contributed by atoms with Gasteiger partial charge in [-0.3, -0.25) is 0 Å². The Balaban J connectivity index is 0.000000138. The number of thioether (sulfide) groups is 1. The highest BCUT2D eigenvalue weighted by Gasteiger charge is 1.96. The summed E-state index contributed by atoms with van der Waals surface area (Å²) in [6.45, 7) is 1.74. The van der Waals surface area contributed by atoms with E-state index in [-0.39, 0.29) is 0 Å². The van der Waals surface area contributed by atoms with Crippen LogP contribution in [0.5, 0.6) is 0 Å². The Hall–Kier alpha value is -1.55. The molecule has 0 unspecified atom stereocenters. The molecule has 0 N–H and O–H groups in total. The molecule has 0 saturated carbocycles. The molecular weight excluding hydrogens is 220 g/mol. The minimum absolute atomic E-state index is 0.606. The maximum atomic E-state index is 4.47. The normalized spacial score (nSPS) is 10.1. The molecule has 0 spiro atoms. The molecule has 0 aliphatic rings. The molecule has 4 heteroatoms. The number of aryl methyl sites for hydroxylation is 1. The zero-order valence-electron chi connectivity index (χ0n) is 9.18. The standard InChI is InChI=1S/C9H8S.C3H4N2O/c1-10-9-6-7-2-4-8(9)5-3-7;1-3-4-2-5-6-3/h2-6H,1H3;2H,1H3. The van der Waals surface area contributed by atoms with Gasteiger partial charge in [-0.25, -0.2) is 0 Å². The van der Waals surface area contributed by atoms with E-state index < -0.39 is 0 Å². The van der Waals surface area contributed by atoms with Gasteiger partial charge in [0, 0.05) is 11.8 Å². The summed E-state index contributed by atoms with van der Waals surface area (Å²) in [4.78, 5) is 5.03. The Labute approximate surface area is 98.2 Å². The Morgan fingerprint density at radius 1 is 1.19 bits per heavy atom. The van der Waals surface area contributed by atoms with Gasteiger partial charge in [-0.2, -0.15) is 4.98 Å². The fourth-order valence-corrected chi connectivity index (χ4v) is 2.01. The predicted molar refractivity (Wildman–Crippen MR) is 66.0 cm³/mol. The van der Waals surface area contributed by atoms with Crippen molar-refractivity contribution in [1.29, 1.82) is 0 Å². The van der Waals surface area contributed by atoms with Crippen LogP contribution in [0.25, 0.3) is 10.8 Å². The molecule has 16 heavy (non-hydrogen) atoms. The third-order valence-corrected chi connectivity index (χ3v) is 2.98. The molecule has 0 fully saturated rings. The lowest BCUT2D eigenvalue weighted by Gasteiger charge is -2.02. The van der Waals surface area contributed by atoms with Crippen LogP contribution in [0.1, 0.15) is 5.89 Å². The number of hydrogen-bond acceptors (Lipinski definition) is 4. The van der Waals surface area contributed by atoms with Gasteiger partial charge in [0.2, 0.25) is 5.89 Å². The SMILES string of the molecule is CSc1cc2ccc1cc2.Cc1ncno1. The van der Waals surface area contributed by atoms with E-state index in [4.69, 9.17) is 0 Å². The van der Waals surface area contributed by atoms with Gasteiger partial charge in [-0.05, 0) is 23.1 Å². The molecule has 1 heterocycles. The summed E-state index contributed by atoms with van der Waals surface area (Å²) in [6.07, 6.45) is 3.48. The maximum Gasteiger partial charge on any atom is 0.223 e. The van der Waals surface area contributed by atoms with Gasteiger partial charge in [-0.15, -0.1) is 11.8 Å². The van der Waals surface area contributed by atoms with Gasteiger partial charge in [0.1, 0.15) is 0 Å². The molecular formula is C12H12N2OS. The van der Waals surface area contributed by atoms with Crippen molar-refractivity contribution in [3.05, 3.63) is 42.5 Å². The van der Waals surface area contributed by atoms with E-state index in [0.717, 1.165) is 0 Å². The minimum Gasteiger partial charge on any atom is -0.340 e. The van der Waals surface area contributed by atoms with Crippen LogP contribution >= 0.6 is 11.8 Å². The van der Waals surface area contributed by atoms with Gasteiger partial charge in [-0.1, -0.05) is 29.4 Å². The fourth-order valence-electron chi connectivity index (χ4n) is 1.38. The second-order valence-corrected chi connectivity index (χ2v) is 4.14. The number of rotatable bonds is 1. The summed E-state index contributed by atoms with van der Waals surface area (Å²) in [6, 6.07) is 10.9. The zero-order chi connectivity index (χ0) is 11.4. The highest BCUT2D eigenvalue weighted by molar-refractivity contribution is 7.98. The van der Waals surface area contributed by atoms with Crippen molar-refractivity contribution in [2.24, 2.45) is 0 Å². The second kappa shape index (κ2) is 4.99. The number of aromatic nitrogens is 2. The van der Waals surface area contributed by atoms with Gasteiger partial charge in [0.15, 0.2) is 6.33 Å². The van der Waals surface area contributed by atoms with Crippen molar-refractivity contribution >= 4 is 22.5 Å². The van der Waals surface area contributed by atoms with Crippen LogP contribution in [-0.2, 0) is 0 Å². The molecule has 1 aromatic heterocycles. The summed E-state index contributed by atoms with van der Waals surface area (Å²) < 4.78 is 4.47. The van der Waals surface area contributed by atoms with E-state index in [1.165, 1.54) is 22.0 Å². The molecule has 4 aromatic rings. The average Bonchev–Trinajstić information content (AvgIpc) is 2.82. The lowest BCUT2D eigenvalue weighted by Crippen LogP contribution is -1.76. The van der Waals surface area contributed by atoms with Crippen LogP contribution in [0.3, 0.4) is 0 Å². The van der Waals surface area contributed by atoms with Gasteiger partial charge in [0.05, 0.1) is 0 Å². The number of nitrogens with zero attached hydrogens (tertiary/aromatic N) is 2. The van der Waals surface area contributed by atoms with E-state index in [1.54, 1.807) is 6.92 Å². The van der Waals surface area contributed by atoms with Crippen LogP contribution in [-0.4, -0.2) is 16.4 Å². The predicted octanol–water partition coefficient (Wildman–Crippen LogP) is 3.38. The van der Waals surface area contributed by atoms with Crippen molar-refractivity contribution in [2.75, 3.05) is 6.26 Å². The van der Waals surface area contributed by atoms with E-state index in [2.05, 4.69) is 51.3 Å². The molecule has 3 nitrogen and oxygen atoms in total. The van der Waals surface area contributed by atoms with E-state index in [1.807, 2.05) is 11.8 Å². The minimum atomic E-state index is 0.606. The molecule has 0 aliphatic heterocycles. The zero-order valence-corrected chi connectivity index (χ0v) is 9.99. The highest BCUT2D eigenvalue weighted by atomic mass is 32.2. The van der Waals surface area contributed by atoms with Gasteiger partial charge >= 0.3 is 0 Å². The number of hydrogen-bond donors (Lipinski definition) is 0. The third kappa shape index (κ3) is 2.52. The van der Waals surface area contributed by atoms with Gasteiger partial charge in [0.25, 0.3) is 0 Å². The average molecular weight is 232 g/mol. The van der Waals surface area contributed by atoms with Gasteiger partial charge < -0.3 is 4.52 Å². The summed E-state index contributed by atoms with van der Waals surface area (Å²) in [5.41, 5.74) is 0. The monoisotopic (exact) mass is 232 g/mol. The quantitative estimate of drug-likeness (QED) is 0.603. The first-order valence-corrected chi connectivity index (χ1v) is 6.11. The topological polar surface area (TPSA) is 38.9 Å². The van der Waals surface area contributed by atoms with Crippen molar-refractivity contribution in [3.8, 4) is 0 Å². The molecule has 2 bridgehead atoms. The van der Waals surface area contributed by atoms with Crippen molar-refractivity contribution in [3.63, 3.8) is 0 Å². The Morgan fingerprint density at radius 3 is 2.19 bits per heavy atom.